The molecule has 1 saturated heterocycles. The molecule has 7 heteroatoms. The molecule has 2 N–H and O–H groups in total. The van der Waals surface area contributed by atoms with Crippen molar-refractivity contribution < 1.29 is 8.78 Å². The lowest BCUT2D eigenvalue weighted by Gasteiger charge is -2.25. The fraction of sp³-hybridized carbons (Fsp3) is 0.588. The van der Waals surface area contributed by atoms with Crippen LogP contribution in [0.1, 0.15) is 20.3 Å². The number of anilines is 1. The summed E-state index contributed by atoms with van der Waals surface area (Å²) in [7, 11) is 1.73. The molecule has 0 bridgehead atoms. The molecular formula is C17H26F2N4S. The van der Waals surface area contributed by atoms with Gasteiger partial charge in [0.2, 0.25) is 0 Å². The number of nitrogens with one attached hydrogen (secondary N) is 2. The quantitative estimate of drug-likeness (QED) is 0.629. The van der Waals surface area contributed by atoms with Crippen LogP contribution in [-0.2, 0) is 0 Å². The molecule has 1 atom stereocenters. The van der Waals surface area contributed by atoms with Crippen LogP contribution in [0, 0.1) is 11.6 Å². The van der Waals surface area contributed by atoms with E-state index in [0.29, 0.717) is 13.1 Å². The monoisotopic (exact) mass is 356 g/mol. The second-order valence-electron chi connectivity index (χ2n) is 6.54. The Balaban J connectivity index is 1.93. The van der Waals surface area contributed by atoms with Gasteiger partial charge in [-0.1, -0.05) is 6.07 Å². The number of rotatable bonds is 5. The largest absolute Gasteiger partial charge is 0.365 e. The minimum absolute atomic E-state index is 0.0632. The Kier molecular flexibility index (Phi) is 6.32. The van der Waals surface area contributed by atoms with Crippen molar-refractivity contribution in [1.29, 1.82) is 0 Å². The first-order valence-corrected chi connectivity index (χ1v) is 9.30. The molecule has 4 nitrogen and oxygen atoms in total. The average molecular weight is 356 g/mol. The van der Waals surface area contributed by atoms with E-state index in [9.17, 15) is 8.78 Å². The third-order valence-electron chi connectivity index (χ3n) is 4.24. The molecule has 0 aromatic heterocycles. The molecule has 1 fully saturated rings. The van der Waals surface area contributed by atoms with Crippen molar-refractivity contribution in [2.45, 2.75) is 31.1 Å². The number of para-hydroxylation sites is 1. The molecule has 0 amide bonds. The Bertz CT molecular complexity index is 572. The lowest BCUT2D eigenvalue weighted by molar-refractivity contribution is 0.575. The number of benzene rings is 1. The number of hydrogen-bond donors (Lipinski definition) is 2. The van der Waals surface area contributed by atoms with Gasteiger partial charge in [0.25, 0.3) is 0 Å². The van der Waals surface area contributed by atoms with E-state index in [4.69, 9.17) is 0 Å². The highest BCUT2D eigenvalue weighted by Gasteiger charge is 2.27. The van der Waals surface area contributed by atoms with E-state index >= 15 is 0 Å². The van der Waals surface area contributed by atoms with Gasteiger partial charge in [-0.05, 0) is 38.7 Å². The van der Waals surface area contributed by atoms with Crippen LogP contribution in [0.4, 0.5) is 14.5 Å². The first-order chi connectivity index (χ1) is 11.4. The third kappa shape index (κ3) is 4.75. The molecule has 1 aliphatic rings. The summed E-state index contributed by atoms with van der Waals surface area (Å²) in [6.45, 7) is 6.27. The Morgan fingerprint density at radius 2 is 2.04 bits per heavy atom. The summed E-state index contributed by atoms with van der Waals surface area (Å²) in [4.78, 5) is 5.99. The number of thioether (sulfide) groups is 1. The van der Waals surface area contributed by atoms with Gasteiger partial charge in [0, 0.05) is 37.5 Å². The summed E-state index contributed by atoms with van der Waals surface area (Å²) < 4.78 is 27.9. The van der Waals surface area contributed by atoms with E-state index in [-0.39, 0.29) is 16.5 Å². The Labute approximate surface area is 147 Å². The summed E-state index contributed by atoms with van der Waals surface area (Å²) in [6.07, 6.45) is 2.88. The molecule has 0 aliphatic carbocycles. The predicted molar refractivity (Wildman–Crippen MR) is 99.1 cm³/mol. The van der Waals surface area contributed by atoms with Crippen LogP contribution in [0.25, 0.3) is 0 Å². The molecule has 2 rings (SSSR count). The second-order valence-corrected chi connectivity index (χ2v) is 8.05. The van der Waals surface area contributed by atoms with Gasteiger partial charge in [-0.3, -0.25) is 4.99 Å². The van der Waals surface area contributed by atoms with E-state index in [2.05, 4.69) is 35.7 Å². The molecule has 0 saturated carbocycles. The first-order valence-electron chi connectivity index (χ1n) is 8.07. The predicted octanol–water partition coefficient (Wildman–Crippen LogP) is 2.85. The standard InChI is InChI=1S/C17H26F2N4S/c1-17(2,24-4)11-21-16(20-3)22-12-8-9-23(10-12)15-13(18)6-5-7-14(15)19/h5-7,12H,8-11H2,1-4H3,(H2,20,21,22). The van der Waals surface area contributed by atoms with E-state index in [1.807, 2.05) is 0 Å². The second kappa shape index (κ2) is 8.05. The maximum atomic E-state index is 13.9. The maximum Gasteiger partial charge on any atom is 0.191 e. The van der Waals surface area contributed by atoms with Crippen LogP contribution >= 0.6 is 11.8 Å². The van der Waals surface area contributed by atoms with E-state index in [1.54, 1.807) is 23.7 Å². The molecule has 134 valence electrons. The number of aliphatic imine (C=N–C) groups is 1. The zero-order valence-corrected chi connectivity index (χ0v) is 15.5. The van der Waals surface area contributed by atoms with Gasteiger partial charge in [-0.2, -0.15) is 11.8 Å². The molecule has 0 radical (unpaired) electrons. The van der Waals surface area contributed by atoms with Gasteiger partial charge in [0.15, 0.2) is 5.96 Å². The minimum Gasteiger partial charge on any atom is -0.365 e. The van der Waals surface area contributed by atoms with E-state index in [0.717, 1.165) is 18.9 Å². The zero-order valence-electron chi connectivity index (χ0n) is 14.7. The number of halogens is 2. The van der Waals surface area contributed by atoms with Crippen molar-refractivity contribution in [3.63, 3.8) is 0 Å². The van der Waals surface area contributed by atoms with Gasteiger partial charge >= 0.3 is 0 Å². The molecule has 1 heterocycles. The fourth-order valence-electron chi connectivity index (χ4n) is 2.63. The lowest BCUT2D eigenvalue weighted by atomic mass is 10.2. The van der Waals surface area contributed by atoms with Crippen LogP contribution < -0.4 is 15.5 Å². The molecular weight excluding hydrogens is 330 g/mol. The summed E-state index contributed by atoms with van der Waals surface area (Å²) in [5.41, 5.74) is 0.0632. The van der Waals surface area contributed by atoms with Crippen molar-refractivity contribution in [1.82, 2.24) is 10.6 Å². The van der Waals surface area contributed by atoms with Crippen molar-refractivity contribution >= 4 is 23.4 Å². The summed E-state index contributed by atoms with van der Waals surface area (Å²) in [6, 6.07) is 4.08. The van der Waals surface area contributed by atoms with Gasteiger partial charge < -0.3 is 15.5 Å². The van der Waals surface area contributed by atoms with E-state index < -0.39 is 11.6 Å². The fourth-order valence-corrected chi connectivity index (χ4v) is 2.85. The van der Waals surface area contributed by atoms with Crippen LogP contribution in [0.15, 0.2) is 23.2 Å². The number of hydrogen-bond acceptors (Lipinski definition) is 3. The van der Waals surface area contributed by atoms with Gasteiger partial charge in [-0.15, -0.1) is 0 Å². The molecule has 1 aromatic carbocycles. The Morgan fingerprint density at radius 1 is 1.38 bits per heavy atom. The molecule has 1 aromatic rings. The summed E-state index contributed by atoms with van der Waals surface area (Å²) in [5, 5.41) is 6.66. The van der Waals surface area contributed by atoms with Crippen LogP contribution in [0.5, 0.6) is 0 Å². The summed E-state index contributed by atoms with van der Waals surface area (Å²) in [5.74, 6) is -0.308. The molecule has 0 spiro atoms. The Hall–Kier alpha value is -1.50. The Morgan fingerprint density at radius 3 is 2.62 bits per heavy atom. The highest BCUT2D eigenvalue weighted by Crippen LogP contribution is 2.26. The normalized spacial score (nSPS) is 18.8. The van der Waals surface area contributed by atoms with E-state index in [1.165, 1.54) is 18.2 Å². The first kappa shape index (κ1) is 18.8. The van der Waals surface area contributed by atoms with Gasteiger partial charge in [-0.25, -0.2) is 8.78 Å². The smallest absolute Gasteiger partial charge is 0.191 e. The van der Waals surface area contributed by atoms with Crippen LogP contribution in [0.3, 0.4) is 0 Å². The SMILES string of the molecule is CN=C(NCC(C)(C)SC)NC1CCN(c2c(F)cccc2F)C1. The molecule has 24 heavy (non-hydrogen) atoms. The number of guanidine groups is 1. The van der Waals surface area contributed by atoms with Crippen LogP contribution in [0.2, 0.25) is 0 Å². The summed E-state index contributed by atoms with van der Waals surface area (Å²) >= 11 is 1.79. The zero-order chi connectivity index (χ0) is 17.7. The highest BCUT2D eigenvalue weighted by atomic mass is 32.2. The van der Waals surface area contributed by atoms with Gasteiger partial charge in [0.05, 0.1) is 0 Å². The molecule has 1 unspecified atom stereocenters. The van der Waals surface area contributed by atoms with Crippen molar-refractivity contribution in [2.75, 3.05) is 37.8 Å². The topological polar surface area (TPSA) is 39.7 Å². The minimum atomic E-state index is -0.514. The highest BCUT2D eigenvalue weighted by molar-refractivity contribution is 7.99. The van der Waals surface area contributed by atoms with Crippen molar-refractivity contribution in [2.24, 2.45) is 4.99 Å². The number of nitrogens with zero attached hydrogens (tertiary/aromatic N) is 2. The third-order valence-corrected chi connectivity index (χ3v) is 5.49. The average Bonchev–Trinajstić information content (AvgIpc) is 2.99. The maximum absolute atomic E-state index is 13.9. The van der Waals surface area contributed by atoms with Crippen molar-refractivity contribution in [3.8, 4) is 0 Å². The van der Waals surface area contributed by atoms with Crippen molar-refractivity contribution in [3.05, 3.63) is 29.8 Å². The molecule has 1 aliphatic heterocycles. The van der Waals surface area contributed by atoms with Crippen LogP contribution in [-0.4, -0.2) is 49.7 Å². The lowest BCUT2D eigenvalue weighted by Crippen LogP contribution is -2.47. The van der Waals surface area contributed by atoms with Gasteiger partial charge in [0.1, 0.15) is 17.3 Å².